The van der Waals surface area contributed by atoms with Crippen molar-refractivity contribution in [3.05, 3.63) is 78.1 Å². The number of nitrogens with zero attached hydrogens (tertiary/aromatic N) is 6. The van der Waals surface area contributed by atoms with E-state index in [1.54, 1.807) is 17.8 Å². The van der Waals surface area contributed by atoms with Crippen LogP contribution in [0.5, 0.6) is 0 Å². The number of carbonyl (C=O) groups excluding carboxylic acids is 1. The number of carbonyl (C=O) groups is 1. The smallest absolute Gasteiger partial charge is 0.272 e. The van der Waals surface area contributed by atoms with Crippen molar-refractivity contribution in [2.24, 2.45) is 16.1 Å². The van der Waals surface area contributed by atoms with Gasteiger partial charge in [0.25, 0.3) is 5.95 Å². The first-order valence-corrected chi connectivity index (χ1v) is 16.1. The van der Waals surface area contributed by atoms with Gasteiger partial charge in [0.05, 0.1) is 25.0 Å². The summed E-state index contributed by atoms with van der Waals surface area (Å²) in [5.74, 6) is 1.12. The Morgan fingerprint density at radius 2 is 1.67 bits per heavy atom. The van der Waals surface area contributed by atoms with E-state index in [0.717, 1.165) is 12.8 Å². The molecule has 1 amide bonds. The Labute approximate surface area is 263 Å². The number of fused-ring (bicyclic) bond motifs is 1. The first kappa shape index (κ1) is 30.8. The Balaban J connectivity index is 1.33. The van der Waals surface area contributed by atoms with Crippen LogP contribution in [0.25, 0.3) is 11.2 Å². The minimum atomic E-state index is -1.12. The van der Waals surface area contributed by atoms with Crippen LogP contribution >= 0.6 is 0 Å². The second kappa shape index (κ2) is 14.3. The van der Waals surface area contributed by atoms with Crippen molar-refractivity contribution in [3.8, 4) is 0 Å². The molecular weight excluding hydrogens is 568 g/mol. The lowest BCUT2D eigenvalue weighted by Crippen LogP contribution is -2.42. The number of nitrogens with one attached hydrogen (secondary N) is 2. The third-order valence-electron chi connectivity index (χ3n) is 9.19. The molecular formula is C34H42N8O3. The number of amides is 1. The summed E-state index contributed by atoms with van der Waals surface area (Å²) in [5.41, 5.74) is 3.35. The summed E-state index contributed by atoms with van der Waals surface area (Å²) in [7, 11) is 0. The summed E-state index contributed by atoms with van der Waals surface area (Å²) in [5, 5.41) is 37.1. The van der Waals surface area contributed by atoms with Crippen molar-refractivity contribution in [1.29, 1.82) is 0 Å². The van der Waals surface area contributed by atoms with Crippen molar-refractivity contribution >= 4 is 28.8 Å². The van der Waals surface area contributed by atoms with Gasteiger partial charge in [-0.3, -0.25) is 4.79 Å². The van der Waals surface area contributed by atoms with E-state index in [4.69, 9.17) is 9.97 Å². The van der Waals surface area contributed by atoms with E-state index in [-0.39, 0.29) is 17.8 Å². The number of aromatic nitrogens is 4. The third-order valence-corrected chi connectivity index (χ3v) is 9.19. The average molecular weight is 611 g/mol. The van der Waals surface area contributed by atoms with Crippen LogP contribution in [0.2, 0.25) is 0 Å². The van der Waals surface area contributed by atoms with E-state index >= 15 is 0 Å². The lowest BCUT2D eigenvalue weighted by atomic mass is 9.89. The van der Waals surface area contributed by atoms with Gasteiger partial charge in [0.2, 0.25) is 5.91 Å². The molecule has 4 aromatic rings. The van der Waals surface area contributed by atoms with Gasteiger partial charge in [0.15, 0.2) is 17.0 Å². The molecule has 2 aliphatic carbocycles. The molecule has 45 heavy (non-hydrogen) atoms. The van der Waals surface area contributed by atoms with Gasteiger partial charge < -0.3 is 25.4 Å². The molecule has 0 spiro atoms. The highest BCUT2D eigenvalue weighted by Crippen LogP contribution is 2.35. The SMILES string of the molecule is CCC(=O)N[C@H]1C[C@@H](n2cnc3c(NCC(c4ccccc4)c4ccccc4)nc(N=NCC4CCCCC4)nc32)[C@H](O)[C@@H]1O. The molecule has 2 saturated carbocycles. The summed E-state index contributed by atoms with van der Waals surface area (Å²) >= 11 is 0. The number of anilines is 1. The molecule has 0 radical (unpaired) electrons. The minimum Gasteiger partial charge on any atom is -0.388 e. The molecule has 0 aliphatic heterocycles. The van der Waals surface area contributed by atoms with E-state index in [1.165, 1.54) is 30.4 Å². The number of aliphatic hydroxyl groups excluding tert-OH is 2. The maximum Gasteiger partial charge on any atom is 0.272 e. The summed E-state index contributed by atoms with van der Waals surface area (Å²) in [6.07, 6.45) is 6.07. The van der Waals surface area contributed by atoms with Crippen LogP contribution in [0, 0.1) is 5.92 Å². The Hall–Kier alpha value is -4.22. The van der Waals surface area contributed by atoms with Crippen LogP contribution in [0.15, 0.2) is 77.2 Å². The van der Waals surface area contributed by atoms with Gasteiger partial charge in [-0.2, -0.15) is 15.1 Å². The average Bonchev–Trinajstić information content (AvgIpc) is 3.62. The first-order chi connectivity index (χ1) is 22.0. The van der Waals surface area contributed by atoms with Gasteiger partial charge in [0, 0.05) is 18.9 Å². The van der Waals surface area contributed by atoms with Crippen LogP contribution in [0.4, 0.5) is 11.8 Å². The Morgan fingerprint density at radius 3 is 2.33 bits per heavy atom. The lowest BCUT2D eigenvalue weighted by molar-refractivity contribution is -0.122. The number of imidazole rings is 1. The molecule has 4 atom stereocenters. The minimum absolute atomic E-state index is 0.0469. The largest absolute Gasteiger partial charge is 0.388 e. The van der Waals surface area contributed by atoms with Crippen LogP contribution in [-0.2, 0) is 4.79 Å². The van der Waals surface area contributed by atoms with E-state index in [1.807, 2.05) is 36.4 Å². The van der Waals surface area contributed by atoms with E-state index in [2.05, 4.69) is 50.1 Å². The number of azo groups is 1. The fourth-order valence-corrected chi connectivity index (χ4v) is 6.64. The molecule has 2 aromatic heterocycles. The van der Waals surface area contributed by atoms with Gasteiger partial charge in [-0.05, 0) is 36.3 Å². The molecule has 4 N–H and O–H groups in total. The van der Waals surface area contributed by atoms with E-state index in [9.17, 15) is 15.0 Å². The zero-order chi connectivity index (χ0) is 31.2. The number of hydrogen-bond acceptors (Lipinski definition) is 9. The zero-order valence-corrected chi connectivity index (χ0v) is 25.7. The van der Waals surface area contributed by atoms with E-state index in [0.29, 0.717) is 48.8 Å². The van der Waals surface area contributed by atoms with Crippen LogP contribution in [-0.4, -0.2) is 67.0 Å². The van der Waals surface area contributed by atoms with Crippen molar-refractivity contribution in [1.82, 2.24) is 24.8 Å². The number of rotatable bonds is 11. The Bertz CT molecular complexity index is 1550. The van der Waals surface area contributed by atoms with Gasteiger partial charge in [-0.15, -0.1) is 5.11 Å². The van der Waals surface area contributed by atoms with Gasteiger partial charge in [0.1, 0.15) is 12.2 Å². The topological polar surface area (TPSA) is 150 Å². The predicted octanol–water partition coefficient (Wildman–Crippen LogP) is 5.30. The molecule has 2 heterocycles. The summed E-state index contributed by atoms with van der Waals surface area (Å²) in [6.45, 7) is 2.94. The summed E-state index contributed by atoms with van der Waals surface area (Å²) in [6, 6.07) is 19.5. The van der Waals surface area contributed by atoms with Crippen molar-refractivity contribution < 1.29 is 15.0 Å². The number of benzene rings is 2. The fraction of sp³-hybridized carbons (Fsp3) is 0.471. The highest BCUT2D eigenvalue weighted by atomic mass is 16.3. The maximum atomic E-state index is 12.1. The van der Waals surface area contributed by atoms with Gasteiger partial charge >= 0.3 is 0 Å². The van der Waals surface area contributed by atoms with Crippen molar-refractivity contribution in [2.45, 2.75) is 82.1 Å². The third kappa shape index (κ3) is 7.04. The molecule has 2 fully saturated rings. The van der Waals surface area contributed by atoms with Crippen LogP contribution in [0.3, 0.4) is 0 Å². The molecule has 0 unspecified atom stereocenters. The van der Waals surface area contributed by atoms with Crippen LogP contribution < -0.4 is 10.6 Å². The first-order valence-electron chi connectivity index (χ1n) is 16.1. The molecule has 0 bridgehead atoms. The number of hydrogen-bond donors (Lipinski definition) is 4. The number of aliphatic hydroxyl groups is 2. The van der Waals surface area contributed by atoms with E-state index < -0.39 is 24.3 Å². The van der Waals surface area contributed by atoms with Gasteiger partial charge in [-0.1, -0.05) is 86.8 Å². The van der Waals surface area contributed by atoms with Crippen molar-refractivity contribution in [2.75, 3.05) is 18.4 Å². The highest BCUT2D eigenvalue weighted by molar-refractivity contribution is 5.84. The molecule has 11 heteroatoms. The normalized spacial score (nSPS) is 22.4. The molecule has 6 rings (SSSR count). The highest BCUT2D eigenvalue weighted by Gasteiger charge is 2.43. The quantitative estimate of drug-likeness (QED) is 0.168. The second-order valence-electron chi connectivity index (χ2n) is 12.2. The maximum absolute atomic E-state index is 12.1. The molecule has 2 aromatic carbocycles. The second-order valence-corrected chi connectivity index (χ2v) is 12.2. The van der Waals surface area contributed by atoms with Gasteiger partial charge in [-0.25, -0.2) is 4.98 Å². The van der Waals surface area contributed by atoms with Crippen molar-refractivity contribution in [3.63, 3.8) is 0 Å². The Morgan fingerprint density at radius 1 is 0.978 bits per heavy atom. The summed E-state index contributed by atoms with van der Waals surface area (Å²) in [4.78, 5) is 26.2. The molecule has 236 valence electrons. The molecule has 11 nitrogen and oxygen atoms in total. The Kier molecular flexibility index (Phi) is 9.75. The fourth-order valence-electron chi connectivity index (χ4n) is 6.64. The standard InChI is InChI=1S/C34H42N8O3/c1-2-28(43)38-26-18-27(31(45)30(26)44)42-21-36-29-32(39-34(40-33(29)42)41-37-19-22-12-6-3-7-13-22)35-20-25(23-14-8-4-9-15-23)24-16-10-5-11-17-24/h4-5,8-11,14-17,21-22,25-27,30-31,44-45H,2-3,6-7,12-13,18-20H2,1H3,(H,38,43)(H,35,39,40)/t26-,27+,30+,31-/m0/s1. The predicted molar refractivity (Wildman–Crippen MR) is 172 cm³/mol. The lowest BCUT2D eigenvalue weighted by Gasteiger charge is -2.20. The monoisotopic (exact) mass is 610 g/mol. The van der Waals surface area contributed by atoms with Crippen LogP contribution in [0.1, 0.15) is 75.0 Å². The molecule has 0 saturated heterocycles. The zero-order valence-electron chi connectivity index (χ0n) is 25.7. The molecule has 2 aliphatic rings. The summed E-state index contributed by atoms with van der Waals surface area (Å²) < 4.78 is 1.76.